The highest BCUT2D eigenvalue weighted by atomic mass is 35.5. The third-order valence-corrected chi connectivity index (χ3v) is 2.88. The zero-order chi connectivity index (χ0) is 12.8. The van der Waals surface area contributed by atoms with E-state index in [9.17, 15) is 0 Å². The Morgan fingerprint density at radius 2 is 2.22 bits per heavy atom. The Balaban J connectivity index is 2.10. The first kappa shape index (κ1) is 12.9. The summed E-state index contributed by atoms with van der Waals surface area (Å²) >= 11 is 6.18. The summed E-state index contributed by atoms with van der Waals surface area (Å²) in [6.07, 6.45) is 4.58. The van der Waals surface area contributed by atoms with Crippen LogP contribution in [0.5, 0.6) is 0 Å². The molecule has 1 heterocycles. The van der Waals surface area contributed by atoms with E-state index in [-0.39, 0.29) is 0 Å². The smallest absolute Gasteiger partial charge is 0.207 e. The second-order valence-corrected chi connectivity index (χ2v) is 4.25. The van der Waals surface area contributed by atoms with Gasteiger partial charge in [-0.2, -0.15) is 0 Å². The van der Waals surface area contributed by atoms with Gasteiger partial charge in [0.05, 0.1) is 10.7 Å². The van der Waals surface area contributed by atoms with Crippen molar-refractivity contribution in [2.45, 2.75) is 6.42 Å². The molecule has 0 bridgehead atoms. The second-order valence-electron chi connectivity index (χ2n) is 3.85. The summed E-state index contributed by atoms with van der Waals surface area (Å²) in [7, 11) is 1.70. The van der Waals surface area contributed by atoms with Gasteiger partial charge in [-0.1, -0.05) is 23.7 Å². The minimum absolute atomic E-state index is 0.704. The second kappa shape index (κ2) is 6.42. The van der Waals surface area contributed by atoms with Crippen molar-refractivity contribution in [2.24, 2.45) is 0 Å². The van der Waals surface area contributed by atoms with Crippen molar-refractivity contribution in [1.29, 1.82) is 0 Å². The van der Waals surface area contributed by atoms with Gasteiger partial charge in [-0.3, -0.25) is 4.57 Å². The largest absolute Gasteiger partial charge is 0.385 e. The molecule has 0 fully saturated rings. The minimum atomic E-state index is 0.704. The van der Waals surface area contributed by atoms with Crippen molar-refractivity contribution in [3.63, 3.8) is 0 Å². The summed E-state index contributed by atoms with van der Waals surface area (Å²) in [4.78, 5) is 4.28. The highest BCUT2D eigenvalue weighted by Gasteiger charge is 2.06. The Morgan fingerprint density at radius 3 is 3.00 bits per heavy atom. The molecule has 0 aliphatic heterocycles. The molecule has 2 aromatic rings. The molecule has 1 aromatic carbocycles. The molecule has 0 aliphatic rings. The first-order valence-electron chi connectivity index (χ1n) is 5.84. The van der Waals surface area contributed by atoms with E-state index in [0.717, 1.165) is 31.2 Å². The fourth-order valence-corrected chi connectivity index (χ4v) is 1.92. The van der Waals surface area contributed by atoms with Gasteiger partial charge in [0.15, 0.2) is 0 Å². The van der Waals surface area contributed by atoms with Crippen LogP contribution in [0.4, 0.5) is 5.95 Å². The van der Waals surface area contributed by atoms with Gasteiger partial charge in [0.25, 0.3) is 0 Å². The number of ether oxygens (including phenoxy) is 1. The van der Waals surface area contributed by atoms with Gasteiger partial charge in [-0.15, -0.1) is 0 Å². The number of aromatic nitrogens is 2. The number of rotatable bonds is 6. The molecule has 1 N–H and O–H groups in total. The molecule has 5 heteroatoms. The molecule has 0 saturated heterocycles. The summed E-state index contributed by atoms with van der Waals surface area (Å²) in [6, 6.07) is 7.69. The van der Waals surface area contributed by atoms with Crippen LogP contribution in [-0.2, 0) is 4.74 Å². The SMILES string of the molecule is COCCCNc1nccn1-c1ccccc1Cl. The molecule has 4 nitrogen and oxygen atoms in total. The monoisotopic (exact) mass is 265 g/mol. The molecule has 18 heavy (non-hydrogen) atoms. The molecule has 2 rings (SSSR count). The minimum Gasteiger partial charge on any atom is -0.385 e. The number of methoxy groups -OCH3 is 1. The average molecular weight is 266 g/mol. The highest BCUT2D eigenvalue weighted by Crippen LogP contribution is 2.22. The molecule has 0 saturated carbocycles. The van der Waals surface area contributed by atoms with E-state index in [1.54, 1.807) is 13.3 Å². The number of para-hydroxylation sites is 1. The third kappa shape index (κ3) is 3.03. The quantitative estimate of drug-likeness (QED) is 0.816. The van der Waals surface area contributed by atoms with Crippen molar-refractivity contribution in [3.8, 4) is 5.69 Å². The Kier molecular flexibility index (Phi) is 4.61. The number of nitrogens with zero attached hydrogens (tertiary/aromatic N) is 2. The van der Waals surface area contributed by atoms with E-state index < -0.39 is 0 Å². The highest BCUT2D eigenvalue weighted by molar-refractivity contribution is 6.32. The average Bonchev–Trinajstić information content (AvgIpc) is 2.83. The lowest BCUT2D eigenvalue weighted by molar-refractivity contribution is 0.197. The summed E-state index contributed by atoms with van der Waals surface area (Å²) in [5.41, 5.74) is 0.922. The van der Waals surface area contributed by atoms with Crippen molar-refractivity contribution < 1.29 is 4.74 Å². The Labute approximate surface area is 112 Å². The van der Waals surface area contributed by atoms with E-state index in [2.05, 4.69) is 10.3 Å². The van der Waals surface area contributed by atoms with Crippen LogP contribution in [0, 0.1) is 0 Å². The van der Waals surface area contributed by atoms with Gasteiger partial charge >= 0.3 is 0 Å². The zero-order valence-corrected chi connectivity index (χ0v) is 11.0. The van der Waals surface area contributed by atoms with Gasteiger partial charge in [0.1, 0.15) is 0 Å². The van der Waals surface area contributed by atoms with Gasteiger partial charge in [-0.25, -0.2) is 4.98 Å². The number of hydrogen-bond donors (Lipinski definition) is 1. The summed E-state index contributed by atoms with van der Waals surface area (Å²) in [5, 5.41) is 3.97. The van der Waals surface area contributed by atoms with Gasteiger partial charge < -0.3 is 10.1 Å². The summed E-state index contributed by atoms with van der Waals surface area (Å²) < 4.78 is 6.95. The zero-order valence-electron chi connectivity index (χ0n) is 10.3. The summed E-state index contributed by atoms with van der Waals surface area (Å²) in [6.45, 7) is 1.55. The lowest BCUT2D eigenvalue weighted by atomic mass is 10.3. The van der Waals surface area contributed by atoms with Crippen molar-refractivity contribution >= 4 is 17.5 Å². The maximum absolute atomic E-state index is 6.18. The number of benzene rings is 1. The van der Waals surface area contributed by atoms with Crippen LogP contribution < -0.4 is 5.32 Å². The van der Waals surface area contributed by atoms with Crippen LogP contribution in [0.2, 0.25) is 5.02 Å². The number of nitrogens with one attached hydrogen (secondary N) is 1. The maximum Gasteiger partial charge on any atom is 0.207 e. The Bertz CT molecular complexity index is 498. The van der Waals surface area contributed by atoms with E-state index >= 15 is 0 Å². The van der Waals surface area contributed by atoms with Crippen LogP contribution in [0.25, 0.3) is 5.69 Å². The van der Waals surface area contributed by atoms with Crippen LogP contribution in [0.1, 0.15) is 6.42 Å². The number of anilines is 1. The molecule has 1 aromatic heterocycles. The lowest BCUT2D eigenvalue weighted by Gasteiger charge is -2.10. The molecular formula is C13H16ClN3O. The van der Waals surface area contributed by atoms with Crippen LogP contribution in [-0.4, -0.2) is 29.8 Å². The molecule has 0 spiro atoms. The van der Waals surface area contributed by atoms with Crippen LogP contribution >= 0.6 is 11.6 Å². The molecule has 0 unspecified atom stereocenters. The normalized spacial score (nSPS) is 10.6. The topological polar surface area (TPSA) is 39.1 Å². The van der Waals surface area contributed by atoms with Gasteiger partial charge in [0, 0.05) is 32.7 Å². The first-order valence-corrected chi connectivity index (χ1v) is 6.22. The van der Waals surface area contributed by atoms with E-state index in [4.69, 9.17) is 16.3 Å². The van der Waals surface area contributed by atoms with Gasteiger partial charge in [0.2, 0.25) is 5.95 Å². The standard InChI is InChI=1S/C13H16ClN3O/c1-18-10-4-7-15-13-16-8-9-17(13)12-6-3-2-5-11(12)14/h2-3,5-6,8-9H,4,7,10H2,1H3,(H,15,16). The Hall–Kier alpha value is -1.52. The van der Waals surface area contributed by atoms with Crippen molar-refractivity contribution in [3.05, 3.63) is 41.7 Å². The van der Waals surface area contributed by atoms with E-state index in [0.29, 0.717) is 5.02 Å². The molecule has 0 amide bonds. The first-order chi connectivity index (χ1) is 8.83. The molecule has 0 radical (unpaired) electrons. The predicted molar refractivity (Wildman–Crippen MR) is 73.6 cm³/mol. The molecule has 0 atom stereocenters. The third-order valence-electron chi connectivity index (χ3n) is 2.56. The van der Waals surface area contributed by atoms with Gasteiger partial charge in [-0.05, 0) is 18.6 Å². The van der Waals surface area contributed by atoms with Crippen LogP contribution in [0.3, 0.4) is 0 Å². The predicted octanol–water partition coefficient (Wildman–Crippen LogP) is 2.97. The van der Waals surface area contributed by atoms with Crippen molar-refractivity contribution in [2.75, 3.05) is 25.6 Å². The summed E-state index contributed by atoms with van der Waals surface area (Å²) in [5.74, 6) is 0.791. The maximum atomic E-state index is 6.18. The molecule has 96 valence electrons. The van der Waals surface area contributed by atoms with E-state index in [1.807, 2.05) is 35.0 Å². The fourth-order valence-electron chi connectivity index (χ4n) is 1.69. The number of halogens is 1. The van der Waals surface area contributed by atoms with Crippen molar-refractivity contribution in [1.82, 2.24) is 9.55 Å². The molecule has 0 aliphatic carbocycles. The lowest BCUT2D eigenvalue weighted by Crippen LogP contribution is -2.09. The Morgan fingerprint density at radius 1 is 1.39 bits per heavy atom. The number of imidazole rings is 1. The number of hydrogen-bond acceptors (Lipinski definition) is 3. The van der Waals surface area contributed by atoms with E-state index in [1.165, 1.54) is 0 Å². The molecular weight excluding hydrogens is 250 g/mol. The fraction of sp³-hybridized carbons (Fsp3) is 0.308. The van der Waals surface area contributed by atoms with Crippen LogP contribution in [0.15, 0.2) is 36.7 Å².